The number of anilines is 1. The van der Waals surface area contributed by atoms with Gasteiger partial charge in [-0.2, -0.15) is 0 Å². The Labute approximate surface area is 158 Å². The van der Waals surface area contributed by atoms with E-state index in [1.54, 1.807) is 12.4 Å². The van der Waals surface area contributed by atoms with Gasteiger partial charge in [-0.3, -0.25) is 9.59 Å². The van der Waals surface area contributed by atoms with Crippen LogP contribution in [0.25, 0.3) is 11.2 Å². The van der Waals surface area contributed by atoms with E-state index in [0.717, 1.165) is 25.3 Å². The highest BCUT2D eigenvalue weighted by Gasteiger charge is 2.59. The van der Waals surface area contributed by atoms with Crippen LogP contribution in [-0.2, 0) is 4.79 Å². The number of hydrogen-bond donors (Lipinski definition) is 2. The maximum Gasteiger partial charge on any atom is 0.255 e. The molecule has 2 aliphatic rings. The molecule has 0 aromatic carbocycles. The zero-order chi connectivity index (χ0) is 19.2. The van der Waals surface area contributed by atoms with E-state index in [0.29, 0.717) is 29.1 Å². The molecule has 0 bridgehead atoms. The Morgan fingerprint density at radius 2 is 2.33 bits per heavy atom. The SMILES string of the molecule is C=CC(=O)CC[C@@]12C[C@@H]1CN(c1cnc3[nH]cc(C(=O)NC(C)C)c3n1)C2. The molecule has 0 spiro atoms. The highest BCUT2D eigenvalue weighted by atomic mass is 16.1. The fraction of sp³-hybridized carbons (Fsp3) is 0.500. The number of aromatic amines is 1. The number of hydrogen-bond acceptors (Lipinski definition) is 5. The number of nitrogens with zero attached hydrogens (tertiary/aromatic N) is 3. The Balaban J connectivity index is 1.52. The molecular weight excluding hydrogens is 342 g/mol. The van der Waals surface area contributed by atoms with Crippen LogP contribution < -0.4 is 10.2 Å². The van der Waals surface area contributed by atoms with Gasteiger partial charge < -0.3 is 15.2 Å². The molecule has 1 amide bonds. The van der Waals surface area contributed by atoms with Gasteiger partial charge in [0.25, 0.3) is 5.91 Å². The molecule has 3 heterocycles. The molecule has 2 fully saturated rings. The van der Waals surface area contributed by atoms with Crippen LogP contribution in [0.3, 0.4) is 0 Å². The van der Waals surface area contributed by atoms with Crippen LogP contribution in [0.2, 0.25) is 0 Å². The topological polar surface area (TPSA) is 91.0 Å². The number of fused-ring (bicyclic) bond motifs is 2. The Bertz CT molecular complexity index is 918. The highest BCUT2D eigenvalue weighted by Crippen LogP contribution is 2.61. The number of carbonyl (C=O) groups is 2. The van der Waals surface area contributed by atoms with Crippen LogP contribution in [-0.4, -0.2) is 45.8 Å². The number of H-pyrrole nitrogens is 1. The van der Waals surface area contributed by atoms with Crippen molar-refractivity contribution in [3.05, 3.63) is 30.6 Å². The number of aromatic nitrogens is 3. The Morgan fingerprint density at radius 3 is 3.07 bits per heavy atom. The van der Waals surface area contributed by atoms with Gasteiger partial charge in [-0.05, 0) is 44.1 Å². The molecule has 2 aromatic heterocycles. The molecule has 142 valence electrons. The summed E-state index contributed by atoms with van der Waals surface area (Å²) < 4.78 is 0. The molecule has 0 unspecified atom stereocenters. The fourth-order valence-corrected chi connectivity index (χ4v) is 4.18. The zero-order valence-electron chi connectivity index (χ0n) is 15.8. The van der Waals surface area contributed by atoms with Crippen molar-refractivity contribution >= 4 is 28.7 Å². The number of allylic oxidation sites excluding steroid dienone is 1. The minimum Gasteiger partial charge on any atom is -0.354 e. The third kappa shape index (κ3) is 3.22. The summed E-state index contributed by atoms with van der Waals surface area (Å²) in [6, 6.07) is 0.0578. The lowest BCUT2D eigenvalue weighted by atomic mass is 9.97. The summed E-state index contributed by atoms with van der Waals surface area (Å²) in [5.41, 5.74) is 1.96. The number of rotatable bonds is 7. The predicted molar refractivity (Wildman–Crippen MR) is 104 cm³/mol. The van der Waals surface area contributed by atoms with E-state index < -0.39 is 0 Å². The van der Waals surface area contributed by atoms with Crippen molar-refractivity contribution in [1.82, 2.24) is 20.3 Å². The van der Waals surface area contributed by atoms with Gasteiger partial charge in [0.1, 0.15) is 11.3 Å². The second-order valence-corrected chi connectivity index (χ2v) is 8.07. The summed E-state index contributed by atoms with van der Waals surface area (Å²) >= 11 is 0. The molecule has 1 aliphatic heterocycles. The standard InChI is InChI=1S/C20H25N5O2/c1-4-14(26)5-6-20-7-13(20)10-25(11-20)16-9-22-18-17(24-16)15(8-21-18)19(27)23-12(2)3/h4,8-9,12-13H,1,5-7,10-11H2,2-3H3,(H,21,22)(H,23,27)/t13-,20+/m1/s1. The van der Waals surface area contributed by atoms with Crippen molar-refractivity contribution in [3.8, 4) is 0 Å². The van der Waals surface area contributed by atoms with E-state index in [1.807, 2.05) is 13.8 Å². The van der Waals surface area contributed by atoms with Gasteiger partial charge in [-0.1, -0.05) is 6.58 Å². The molecule has 1 aliphatic carbocycles. The molecule has 7 nitrogen and oxygen atoms in total. The van der Waals surface area contributed by atoms with Gasteiger partial charge in [0.2, 0.25) is 0 Å². The normalized spacial score (nSPS) is 23.5. The van der Waals surface area contributed by atoms with E-state index in [-0.39, 0.29) is 23.1 Å². The van der Waals surface area contributed by atoms with Crippen molar-refractivity contribution < 1.29 is 9.59 Å². The zero-order valence-corrected chi connectivity index (χ0v) is 15.8. The van der Waals surface area contributed by atoms with Gasteiger partial charge >= 0.3 is 0 Å². The summed E-state index contributed by atoms with van der Waals surface area (Å²) in [5.74, 6) is 1.37. The van der Waals surface area contributed by atoms with Crippen LogP contribution in [0.15, 0.2) is 25.0 Å². The number of carbonyl (C=O) groups excluding carboxylic acids is 2. The fourth-order valence-electron chi connectivity index (χ4n) is 4.18. The van der Waals surface area contributed by atoms with Gasteiger partial charge in [-0.15, -0.1) is 0 Å². The van der Waals surface area contributed by atoms with Gasteiger partial charge in [0.05, 0.1) is 11.8 Å². The van der Waals surface area contributed by atoms with Crippen molar-refractivity contribution in [1.29, 1.82) is 0 Å². The largest absolute Gasteiger partial charge is 0.354 e. The van der Waals surface area contributed by atoms with Gasteiger partial charge in [0, 0.05) is 31.7 Å². The number of amides is 1. The quantitative estimate of drug-likeness (QED) is 0.734. The molecule has 1 saturated heterocycles. The van der Waals surface area contributed by atoms with Crippen LogP contribution in [0.4, 0.5) is 5.82 Å². The predicted octanol–water partition coefficient (Wildman–Crippen LogP) is 2.46. The number of ketones is 1. The lowest BCUT2D eigenvalue weighted by molar-refractivity contribution is -0.114. The van der Waals surface area contributed by atoms with Crippen LogP contribution in [0.5, 0.6) is 0 Å². The third-order valence-electron chi connectivity index (χ3n) is 5.76. The van der Waals surface area contributed by atoms with E-state index in [1.165, 1.54) is 12.5 Å². The van der Waals surface area contributed by atoms with E-state index in [9.17, 15) is 9.59 Å². The average molecular weight is 367 g/mol. The minimum atomic E-state index is -0.147. The molecular formula is C20H25N5O2. The monoisotopic (exact) mass is 367 g/mol. The van der Waals surface area contributed by atoms with Crippen LogP contribution in [0, 0.1) is 11.3 Å². The minimum absolute atomic E-state index is 0.0578. The summed E-state index contributed by atoms with van der Waals surface area (Å²) in [5, 5.41) is 2.90. The maximum absolute atomic E-state index is 12.4. The first-order chi connectivity index (χ1) is 12.9. The van der Waals surface area contributed by atoms with Crippen molar-refractivity contribution in [3.63, 3.8) is 0 Å². The van der Waals surface area contributed by atoms with Crippen molar-refractivity contribution in [2.75, 3.05) is 18.0 Å². The first-order valence-corrected chi connectivity index (χ1v) is 9.47. The van der Waals surface area contributed by atoms with Crippen molar-refractivity contribution in [2.24, 2.45) is 11.3 Å². The summed E-state index contributed by atoms with van der Waals surface area (Å²) in [6.07, 6.45) is 7.48. The lowest BCUT2D eigenvalue weighted by Crippen LogP contribution is -2.30. The summed E-state index contributed by atoms with van der Waals surface area (Å²) in [6.45, 7) is 9.23. The Hall–Kier alpha value is -2.70. The first kappa shape index (κ1) is 17.7. The molecule has 7 heteroatoms. The molecule has 2 N–H and O–H groups in total. The van der Waals surface area contributed by atoms with E-state index in [2.05, 4.69) is 26.8 Å². The second-order valence-electron chi connectivity index (χ2n) is 8.07. The summed E-state index contributed by atoms with van der Waals surface area (Å²) in [7, 11) is 0. The average Bonchev–Trinajstić information content (AvgIpc) is 3.00. The molecule has 4 rings (SSSR count). The lowest BCUT2D eigenvalue weighted by Gasteiger charge is -2.21. The van der Waals surface area contributed by atoms with E-state index in [4.69, 9.17) is 4.98 Å². The molecule has 27 heavy (non-hydrogen) atoms. The number of piperidine rings is 1. The Kier molecular flexibility index (Phi) is 4.25. The summed E-state index contributed by atoms with van der Waals surface area (Å²) in [4.78, 5) is 38.4. The number of nitrogens with one attached hydrogen (secondary N) is 2. The van der Waals surface area contributed by atoms with Gasteiger partial charge in [-0.25, -0.2) is 9.97 Å². The maximum atomic E-state index is 12.4. The van der Waals surface area contributed by atoms with Crippen molar-refractivity contribution in [2.45, 2.75) is 39.2 Å². The first-order valence-electron chi connectivity index (χ1n) is 9.47. The second kappa shape index (κ2) is 6.48. The molecule has 2 aromatic rings. The molecule has 0 radical (unpaired) electrons. The van der Waals surface area contributed by atoms with Gasteiger partial charge in [0.15, 0.2) is 11.4 Å². The molecule has 1 saturated carbocycles. The Morgan fingerprint density at radius 1 is 1.52 bits per heavy atom. The third-order valence-corrected chi connectivity index (χ3v) is 5.76. The van der Waals surface area contributed by atoms with E-state index >= 15 is 0 Å². The van der Waals surface area contributed by atoms with Crippen LogP contribution in [0.1, 0.15) is 43.5 Å². The molecule has 2 atom stereocenters. The highest BCUT2D eigenvalue weighted by molar-refractivity contribution is 6.04. The smallest absolute Gasteiger partial charge is 0.255 e. The van der Waals surface area contributed by atoms with Crippen LogP contribution >= 0.6 is 0 Å².